The molecule has 0 amide bonds. The molecule has 0 saturated heterocycles. The average Bonchev–Trinajstić information content (AvgIpc) is 2.84. The van der Waals surface area contributed by atoms with Gasteiger partial charge in [-0.2, -0.15) is 5.10 Å². The summed E-state index contributed by atoms with van der Waals surface area (Å²) in [5, 5.41) is 7.42. The smallest absolute Gasteiger partial charge is 0.0691 e. The molecule has 3 rings (SSSR count). The van der Waals surface area contributed by atoms with E-state index in [0.717, 1.165) is 12.0 Å². The van der Waals surface area contributed by atoms with Gasteiger partial charge in [-0.05, 0) is 38.4 Å². The molecule has 0 aliphatic rings. The maximum Gasteiger partial charge on any atom is 0.0691 e. The van der Waals surface area contributed by atoms with Gasteiger partial charge in [0.15, 0.2) is 0 Å². The van der Waals surface area contributed by atoms with Gasteiger partial charge in [-0.25, -0.2) is 0 Å². The first-order valence-electron chi connectivity index (χ1n) is 7.13. The molecule has 0 spiro atoms. The molecule has 106 valence electrons. The van der Waals surface area contributed by atoms with E-state index in [1.54, 1.807) is 0 Å². The standard InChI is InChI=1S/C18H19N2P/c1-15-13-16(2)20(19-15)14-21(17-9-5-3-6-10-17)18-11-7-4-8-12-18/h3-13H,14H2,1-2H3. The number of hydrogen-bond donors (Lipinski definition) is 0. The summed E-state index contributed by atoms with van der Waals surface area (Å²) in [6.45, 7) is 4.18. The lowest BCUT2D eigenvalue weighted by molar-refractivity contribution is 0.712. The first-order valence-corrected chi connectivity index (χ1v) is 8.65. The molecule has 0 unspecified atom stereocenters. The Balaban J connectivity index is 1.99. The van der Waals surface area contributed by atoms with Gasteiger partial charge in [0.05, 0.1) is 12.0 Å². The van der Waals surface area contributed by atoms with Crippen molar-refractivity contribution in [1.82, 2.24) is 9.78 Å². The third-order valence-corrected chi connectivity index (χ3v) is 5.91. The summed E-state index contributed by atoms with van der Waals surface area (Å²) in [7, 11) is -0.430. The third-order valence-electron chi connectivity index (χ3n) is 3.51. The van der Waals surface area contributed by atoms with Gasteiger partial charge >= 0.3 is 0 Å². The van der Waals surface area contributed by atoms with Crippen LogP contribution in [0.25, 0.3) is 0 Å². The number of hydrogen-bond acceptors (Lipinski definition) is 1. The van der Waals surface area contributed by atoms with E-state index in [-0.39, 0.29) is 0 Å². The van der Waals surface area contributed by atoms with Crippen molar-refractivity contribution in [3.05, 3.63) is 78.1 Å². The largest absolute Gasteiger partial charge is 0.265 e. The summed E-state index contributed by atoms with van der Waals surface area (Å²) in [5.41, 5.74) is 2.32. The van der Waals surface area contributed by atoms with Crippen LogP contribution in [0, 0.1) is 13.8 Å². The molecule has 2 aromatic carbocycles. The number of rotatable bonds is 4. The number of aryl methyl sites for hydroxylation is 2. The molecule has 0 fully saturated rings. The molecular formula is C18H19N2P. The summed E-state index contributed by atoms with van der Waals surface area (Å²) in [4.78, 5) is 0. The lowest BCUT2D eigenvalue weighted by atomic mass is 10.4. The van der Waals surface area contributed by atoms with E-state index in [1.165, 1.54) is 16.3 Å². The van der Waals surface area contributed by atoms with E-state index in [0.29, 0.717) is 0 Å². The lowest BCUT2D eigenvalue weighted by Gasteiger charge is -2.19. The number of nitrogens with zero attached hydrogens (tertiary/aromatic N) is 2. The Bertz CT molecular complexity index is 665. The van der Waals surface area contributed by atoms with Gasteiger partial charge < -0.3 is 0 Å². The van der Waals surface area contributed by atoms with Crippen LogP contribution >= 0.6 is 7.92 Å². The van der Waals surface area contributed by atoms with Crippen molar-refractivity contribution in [2.45, 2.75) is 20.1 Å². The number of aromatic nitrogens is 2. The molecule has 21 heavy (non-hydrogen) atoms. The maximum atomic E-state index is 4.63. The average molecular weight is 294 g/mol. The minimum Gasteiger partial charge on any atom is -0.265 e. The monoisotopic (exact) mass is 294 g/mol. The molecule has 0 radical (unpaired) electrons. The van der Waals surface area contributed by atoms with E-state index in [9.17, 15) is 0 Å². The van der Waals surface area contributed by atoms with Crippen LogP contribution in [-0.2, 0) is 6.29 Å². The topological polar surface area (TPSA) is 17.8 Å². The van der Waals surface area contributed by atoms with Crippen molar-refractivity contribution in [1.29, 1.82) is 0 Å². The molecule has 0 aliphatic heterocycles. The Hall–Kier alpha value is -1.92. The molecule has 1 heterocycles. The van der Waals surface area contributed by atoms with E-state index < -0.39 is 7.92 Å². The molecular weight excluding hydrogens is 275 g/mol. The predicted octanol–water partition coefficient (Wildman–Crippen LogP) is 3.59. The van der Waals surface area contributed by atoms with Crippen LogP contribution in [0.4, 0.5) is 0 Å². The zero-order valence-electron chi connectivity index (χ0n) is 12.4. The fourth-order valence-electron chi connectivity index (χ4n) is 2.48. The van der Waals surface area contributed by atoms with Crippen molar-refractivity contribution in [2.75, 3.05) is 0 Å². The quantitative estimate of drug-likeness (QED) is 0.672. The second-order valence-corrected chi connectivity index (χ2v) is 7.34. The highest BCUT2D eigenvalue weighted by Crippen LogP contribution is 2.35. The lowest BCUT2D eigenvalue weighted by Crippen LogP contribution is -2.16. The minimum atomic E-state index is -0.430. The highest BCUT2D eigenvalue weighted by Gasteiger charge is 2.15. The molecule has 0 atom stereocenters. The second-order valence-electron chi connectivity index (χ2n) is 5.17. The Labute approximate surface area is 127 Å². The maximum absolute atomic E-state index is 4.63. The Morgan fingerprint density at radius 2 is 1.38 bits per heavy atom. The van der Waals surface area contributed by atoms with Gasteiger partial charge in [-0.3, -0.25) is 4.68 Å². The minimum absolute atomic E-state index is 0.430. The first-order chi connectivity index (χ1) is 10.2. The van der Waals surface area contributed by atoms with Crippen LogP contribution in [0.2, 0.25) is 0 Å². The fraction of sp³-hybridized carbons (Fsp3) is 0.167. The van der Waals surface area contributed by atoms with Crippen LogP contribution < -0.4 is 10.6 Å². The Morgan fingerprint density at radius 3 is 1.81 bits per heavy atom. The van der Waals surface area contributed by atoms with Crippen LogP contribution in [0.3, 0.4) is 0 Å². The van der Waals surface area contributed by atoms with Crippen LogP contribution in [-0.4, -0.2) is 9.78 Å². The molecule has 2 nitrogen and oxygen atoms in total. The zero-order valence-corrected chi connectivity index (χ0v) is 13.3. The molecule has 0 aliphatic carbocycles. The van der Waals surface area contributed by atoms with Crippen molar-refractivity contribution in [3.8, 4) is 0 Å². The Morgan fingerprint density at radius 1 is 0.857 bits per heavy atom. The van der Waals surface area contributed by atoms with Gasteiger partial charge in [-0.1, -0.05) is 60.7 Å². The van der Waals surface area contributed by atoms with Gasteiger partial charge in [0.25, 0.3) is 0 Å². The van der Waals surface area contributed by atoms with E-state index in [1.807, 2.05) is 0 Å². The SMILES string of the molecule is Cc1cc(C)n(CP(c2ccccc2)c2ccccc2)n1. The summed E-state index contributed by atoms with van der Waals surface area (Å²) >= 11 is 0. The third kappa shape index (κ3) is 3.22. The molecule has 0 N–H and O–H groups in total. The summed E-state index contributed by atoms with van der Waals surface area (Å²) in [6, 6.07) is 23.7. The second kappa shape index (κ2) is 6.24. The molecule has 3 aromatic rings. The highest BCUT2D eigenvalue weighted by atomic mass is 31.1. The van der Waals surface area contributed by atoms with Gasteiger partial charge in [-0.15, -0.1) is 0 Å². The molecule has 1 aromatic heterocycles. The summed E-state index contributed by atoms with van der Waals surface area (Å²) in [6.07, 6.45) is 0.934. The van der Waals surface area contributed by atoms with E-state index >= 15 is 0 Å². The zero-order chi connectivity index (χ0) is 14.7. The normalized spacial score (nSPS) is 11.0. The summed E-state index contributed by atoms with van der Waals surface area (Å²) < 4.78 is 2.14. The van der Waals surface area contributed by atoms with Gasteiger partial charge in [0.1, 0.15) is 0 Å². The van der Waals surface area contributed by atoms with Gasteiger partial charge in [0.2, 0.25) is 0 Å². The van der Waals surface area contributed by atoms with Crippen LogP contribution in [0.15, 0.2) is 66.7 Å². The van der Waals surface area contributed by atoms with Crippen molar-refractivity contribution >= 4 is 18.5 Å². The van der Waals surface area contributed by atoms with Crippen LogP contribution in [0.5, 0.6) is 0 Å². The molecule has 0 bridgehead atoms. The number of benzene rings is 2. The summed E-state index contributed by atoms with van der Waals surface area (Å²) in [5.74, 6) is 0. The van der Waals surface area contributed by atoms with Crippen molar-refractivity contribution < 1.29 is 0 Å². The van der Waals surface area contributed by atoms with E-state index in [2.05, 4.69) is 90.4 Å². The first kappa shape index (κ1) is 14.0. The van der Waals surface area contributed by atoms with Crippen molar-refractivity contribution in [2.24, 2.45) is 0 Å². The van der Waals surface area contributed by atoms with Crippen molar-refractivity contribution in [3.63, 3.8) is 0 Å². The predicted molar refractivity (Wildman–Crippen MR) is 90.8 cm³/mol. The Kier molecular flexibility index (Phi) is 4.17. The van der Waals surface area contributed by atoms with Gasteiger partial charge in [0, 0.05) is 5.69 Å². The van der Waals surface area contributed by atoms with E-state index in [4.69, 9.17) is 0 Å². The molecule has 0 saturated carbocycles. The van der Waals surface area contributed by atoms with Crippen LogP contribution in [0.1, 0.15) is 11.4 Å². The fourth-order valence-corrected chi connectivity index (χ4v) is 4.72. The molecule has 3 heteroatoms. The highest BCUT2D eigenvalue weighted by molar-refractivity contribution is 7.72.